The first-order chi connectivity index (χ1) is 8.25. The van der Waals surface area contributed by atoms with E-state index in [9.17, 15) is 0 Å². The standard InChI is InChI=1S/C13H16ClN3/c1-10-8-12(14)3-2-11(10)9-15-5-4-13-16-6-7-17-13/h2-3,6-8,15H,4-5,9H2,1H3,(H,16,17). The maximum atomic E-state index is 5.91. The van der Waals surface area contributed by atoms with Crippen LogP contribution in [0.2, 0.25) is 5.02 Å². The summed E-state index contributed by atoms with van der Waals surface area (Å²) in [5.74, 6) is 1.02. The lowest BCUT2D eigenvalue weighted by molar-refractivity contribution is 0.672. The summed E-state index contributed by atoms with van der Waals surface area (Å²) in [4.78, 5) is 7.26. The third-order valence-electron chi connectivity index (χ3n) is 2.71. The van der Waals surface area contributed by atoms with E-state index in [0.29, 0.717) is 0 Å². The molecule has 2 N–H and O–H groups in total. The summed E-state index contributed by atoms with van der Waals surface area (Å²) in [7, 11) is 0. The van der Waals surface area contributed by atoms with E-state index in [4.69, 9.17) is 11.6 Å². The largest absolute Gasteiger partial charge is 0.349 e. The van der Waals surface area contributed by atoms with E-state index in [1.807, 2.05) is 18.3 Å². The number of rotatable bonds is 5. The van der Waals surface area contributed by atoms with Crippen molar-refractivity contribution in [2.24, 2.45) is 0 Å². The Morgan fingerprint density at radius 3 is 3.00 bits per heavy atom. The molecule has 0 fully saturated rings. The van der Waals surface area contributed by atoms with Crippen LogP contribution in [0, 0.1) is 6.92 Å². The number of halogens is 1. The van der Waals surface area contributed by atoms with Crippen LogP contribution in [0.1, 0.15) is 17.0 Å². The molecule has 0 saturated carbocycles. The van der Waals surface area contributed by atoms with Gasteiger partial charge >= 0.3 is 0 Å². The highest BCUT2D eigenvalue weighted by molar-refractivity contribution is 6.30. The molecule has 4 heteroatoms. The first kappa shape index (κ1) is 12.1. The predicted octanol–water partition coefficient (Wildman–Crippen LogP) is 2.70. The summed E-state index contributed by atoms with van der Waals surface area (Å²) in [6, 6.07) is 5.99. The number of nitrogens with one attached hydrogen (secondary N) is 2. The molecule has 17 heavy (non-hydrogen) atoms. The topological polar surface area (TPSA) is 40.7 Å². The van der Waals surface area contributed by atoms with Gasteiger partial charge in [-0.15, -0.1) is 0 Å². The molecule has 0 atom stereocenters. The van der Waals surface area contributed by atoms with Crippen LogP contribution in [0.4, 0.5) is 0 Å². The molecule has 1 aromatic heterocycles. The van der Waals surface area contributed by atoms with Crippen LogP contribution in [0.3, 0.4) is 0 Å². The molecule has 3 nitrogen and oxygen atoms in total. The van der Waals surface area contributed by atoms with Crippen molar-refractivity contribution in [3.8, 4) is 0 Å². The zero-order valence-electron chi connectivity index (χ0n) is 9.83. The van der Waals surface area contributed by atoms with Gasteiger partial charge in [0.25, 0.3) is 0 Å². The summed E-state index contributed by atoms with van der Waals surface area (Å²) in [5, 5.41) is 4.19. The minimum atomic E-state index is 0.793. The second-order valence-corrected chi connectivity index (χ2v) is 4.47. The number of aromatic nitrogens is 2. The Bertz CT molecular complexity index is 466. The highest BCUT2D eigenvalue weighted by Gasteiger charge is 1.99. The quantitative estimate of drug-likeness (QED) is 0.800. The molecule has 0 amide bonds. The average Bonchev–Trinajstić information content (AvgIpc) is 2.79. The second-order valence-electron chi connectivity index (χ2n) is 4.03. The van der Waals surface area contributed by atoms with Gasteiger partial charge < -0.3 is 10.3 Å². The van der Waals surface area contributed by atoms with Gasteiger partial charge in [-0.25, -0.2) is 4.98 Å². The maximum Gasteiger partial charge on any atom is 0.107 e. The molecule has 0 aliphatic heterocycles. The van der Waals surface area contributed by atoms with E-state index in [-0.39, 0.29) is 0 Å². The number of hydrogen-bond acceptors (Lipinski definition) is 2. The van der Waals surface area contributed by atoms with Gasteiger partial charge in [-0.3, -0.25) is 0 Å². The van der Waals surface area contributed by atoms with Crippen LogP contribution in [-0.4, -0.2) is 16.5 Å². The molecule has 0 aliphatic carbocycles. The van der Waals surface area contributed by atoms with Gasteiger partial charge in [0.1, 0.15) is 5.82 Å². The molecule has 2 aromatic rings. The Morgan fingerprint density at radius 2 is 2.29 bits per heavy atom. The van der Waals surface area contributed by atoms with Crippen molar-refractivity contribution < 1.29 is 0 Å². The number of benzene rings is 1. The van der Waals surface area contributed by atoms with E-state index in [1.165, 1.54) is 11.1 Å². The number of aryl methyl sites for hydroxylation is 1. The Hall–Kier alpha value is -1.32. The van der Waals surface area contributed by atoms with Crippen molar-refractivity contribution in [1.29, 1.82) is 0 Å². The van der Waals surface area contributed by atoms with Gasteiger partial charge in [-0.1, -0.05) is 17.7 Å². The van der Waals surface area contributed by atoms with Crippen LogP contribution < -0.4 is 5.32 Å². The zero-order chi connectivity index (χ0) is 12.1. The van der Waals surface area contributed by atoms with Crippen LogP contribution >= 0.6 is 11.6 Å². The highest BCUT2D eigenvalue weighted by atomic mass is 35.5. The highest BCUT2D eigenvalue weighted by Crippen LogP contribution is 2.14. The van der Waals surface area contributed by atoms with Crippen LogP contribution in [0.25, 0.3) is 0 Å². The second kappa shape index (κ2) is 5.84. The predicted molar refractivity (Wildman–Crippen MR) is 70.2 cm³/mol. The summed E-state index contributed by atoms with van der Waals surface area (Å²) in [5.41, 5.74) is 2.51. The van der Waals surface area contributed by atoms with Gasteiger partial charge in [0, 0.05) is 36.9 Å². The van der Waals surface area contributed by atoms with Crippen molar-refractivity contribution in [3.63, 3.8) is 0 Å². The average molecular weight is 250 g/mol. The molecule has 0 aliphatic rings. The number of H-pyrrole nitrogens is 1. The van der Waals surface area contributed by atoms with E-state index < -0.39 is 0 Å². The van der Waals surface area contributed by atoms with E-state index in [1.54, 1.807) is 6.20 Å². The van der Waals surface area contributed by atoms with E-state index in [0.717, 1.165) is 30.4 Å². The Morgan fingerprint density at radius 1 is 1.41 bits per heavy atom. The number of hydrogen-bond donors (Lipinski definition) is 2. The normalized spacial score (nSPS) is 10.7. The SMILES string of the molecule is Cc1cc(Cl)ccc1CNCCc1ncc[nH]1. The fourth-order valence-corrected chi connectivity index (χ4v) is 1.95. The van der Waals surface area contributed by atoms with Crippen molar-refractivity contribution in [2.45, 2.75) is 19.9 Å². The minimum absolute atomic E-state index is 0.793. The first-order valence-electron chi connectivity index (χ1n) is 5.70. The molecule has 0 radical (unpaired) electrons. The number of nitrogens with zero attached hydrogens (tertiary/aromatic N) is 1. The first-order valence-corrected chi connectivity index (χ1v) is 6.07. The molecule has 0 spiro atoms. The lowest BCUT2D eigenvalue weighted by Crippen LogP contribution is -2.17. The lowest BCUT2D eigenvalue weighted by atomic mass is 10.1. The zero-order valence-corrected chi connectivity index (χ0v) is 10.6. The third kappa shape index (κ3) is 3.58. The Balaban J connectivity index is 1.78. The van der Waals surface area contributed by atoms with Gasteiger partial charge in [-0.05, 0) is 30.2 Å². The Kier molecular flexibility index (Phi) is 4.18. The van der Waals surface area contributed by atoms with Gasteiger partial charge in [0.05, 0.1) is 0 Å². The minimum Gasteiger partial charge on any atom is -0.349 e. The Labute approximate surface area is 106 Å². The summed E-state index contributed by atoms with van der Waals surface area (Å²) >= 11 is 5.91. The molecular formula is C13H16ClN3. The maximum absolute atomic E-state index is 5.91. The number of aromatic amines is 1. The molecule has 0 unspecified atom stereocenters. The number of imidazole rings is 1. The smallest absolute Gasteiger partial charge is 0.107 e. The van der Waals surface area contributed by atoms with Crippen LogP contribution in [-0.2, 0) is 13.0 Å². The molecule has 1 aromatic carbocycles. The van der Waals surface area contributed by atoms with E-state index in [2.05, 4.69) is 28.3 Å². The molecule has 90 valence electrons. The van der Waals surface area contributed by atoms with E-state index >= 15 is 0 Å². The third-order valence-corrected chi connectivity index (χ3v) is 2.95. The van der Waals surface area contributed by atoms with Crippen LogP contribution in [0.5, 0.6) is 0 Å². The van der Waals surface area contributed by atoms with Gasteiger partial charge in [0.15, 0.2) is 0 Å². The fraction of sp³-hybridized carbons (Fsp3) is 0.308. The monoisotopic (exact) mass is 249 g/mol. The van der Waals surface area contributed by atoms with Crippen molar-refractivity contribution >= 4 is 11.6 Å². The summed E-state index contributed by atoms with van der Waals surface area (Å²) in [6.45, 7) is 3.86. The lowest BCUT2D eigenvalue weighted by Gasteiger charge is -2.07. The molecule has 0 saturated heterocycles. The molecule has 0 bridgehead atoms. The molecule has 1 heterocycles. The van der Waals surface area contributed by atoms with Crippen molar-refractivity contribution in [1.82, 2.24) is 15.3 Å². The summed E-state index contributed by atoms with van der Waals surface area (Å²) in [6.07, 6.45) is 4.54. The fourth-order valence-electron chi connectivity index (χ4n) is 1.72. The van der Waals surface area contributed by atoms with Gasteiger partial charge in [0.2, 0.25) is 0 Å². The van der Waals surface area contributed by atoms with Crippen LogP contribution in [0.15, 0.2) is 30.6 Å². The van der Waals surface area contributed by atoms with Gasteiger partial charge in [-0.2, -0.15) is 0 Å². The van der Waals surface area contributed by atoms with Crippen molar-refractivity contribution in [3.05, 3.63) is 52.6 Å². The van der Waals surface area contributed by atoms with Crippen molar-refractivity contribution in [2.75, 3.05) is 6.54 Å². The molecule has 2 rings (SSSR count). The summed E-state index contributed by atoms with van der Waals surface area (Å²) < 4.78 is 0. The molecular weight excluding hydrogens is 234 g/mol.